The first kappa shape index (κ1) is 30.7. The van der Waals surface area contributed by atoms with E-state index >= 15 is 0 Å². The fourth-order valence-corrected chi connectivity index (χ4v) is 6.43. The SMILES string of the molecule is Cc1ccc(S(=O)(=O)Oc2ccccc2C2=C(c3ccccc3)C(=O)N(OS(=O)(=O)c3ccccc3C(F)(F)F)C2=O)cc1. The van der Waals surface area contributed by atoms with Crippen molar-refractivity contribution in [2.75, 3.05) is 0 Å². The molecule has 5 rings (SSSR count). The van der Waals surface area contributed by atoms with Gasteiger partial charge in [-0.05, 0) is 42.8 Å². The van der Waals surface area contributed by atoms with Gasteiger partial charge in [0, 0.05) is 5.56 Å². The van der Waals surface area contributed by atoms with Crippen molar-refractivity contribution in [2.45, 2.75) is 22.9 Å². The van der Waals surface area contributed by atoms with Gasteiger partial charge in [-0.2, -0.15) is 30.0 Å². The Morgan fingerprint density at radius 1 is 0.659 bits per heavy atom. The van der Waals surface area contributed by atoms with E-state index in [1.807, 2.05) is 0 Å². The highest BCUT2D eigenvalue weighted by atomic mass is 32.2. The molecule has 9 nitrogen and oxygen atoms in total. The minimum Gasteiger partial charge on any atom is -0.378 e. The second-order valence-electron chi connectivity index (χ2n) is 9.39. The van der Waals surface area contributed by atoms with Crippen LogP contribution in [0.1, 0.15) is 22.3 Å². The lowest BCUT2D eigenvalue weighted by atomic mass is 9.96. The van der Waals surface area contributed by atoms with E-state index in [4.69, 9.17) is 8.47 Å². The van der Waals surface area contributed by atoms with Crippen molar-refractivity contribution in [3.63, 3.8) is 0 Å². The summed E-state index contributed by atoms with van der Waals surface area (Å²) >= 11 is 0. The van der Waals surface area contributed by atoms with Crippen LogP contribution in [0.15, 0.2) is 113 Å². The quantitative estimate of drug-likeness (QED) is 0.185. The first-order valence-electron chi connectivity index (χ1n) is 12.6. The molecule has 4 aromatic rings. The summed E-state index contributed by atoms with van der Waals surface area (Å²) in [6.45, 7) is 1.75. The third-order valence-electron chi connectivity index (χ3n) is 6.41. The van der Waals surface area contributed by atoms with E-state index in [1.165, 1.54) is 60.7 Å². The van der Waals surface area contributed by atoms with Crippen LogP contribution in [0, 0.1) is 6.92 Å². The second-order valence-corrected chi connectivity index (χ2v) is 12.4. The van der Waals surface area contributed by atoms with Crippen LogP contribution in [-0.2, 0) is 40.3 Å². The standard InChI is InChI=1S/C30H20F3NO8S2/c1-19-15-17-21(18-16-19)43(37,38)41-24-13-7-5-11-22(24)27-26(20-9-3-2-4-10-20)28(35)34(29(27)36)42-44(39,40)25-14-8-6-12-23(25)30(31,32)33/h2-18H,1H3. The second kappa shape index (κ2) is 11.4. The third kappa shape index (κ3) is 5.86. The highest BCUT2D eigenvalue weighted by Gasteiger charge is 2.46. The predicted molar refractivity (Wildman–Crippen MR) is 150 cm³/mol. The van der Waals surface area contributed by atoms with Crippen molar-refractivity contribution in [3.8, 4) is 5.75 Å². The zero-order valence-electron chi connectivity index (χ0n) is 22.5. The van der Waals surface area contributed by atoms with Crippen LogP contribution in [0.25, 0.3) is 11.1 Å². The fraction of sp³-hybridized carbons (Fsp3) is 0.0667. The van der Waals surface area contributed by atoms with Crippen molar-refractivity contribution in [1.29, 1.82) is 0 Å². The number of nitrogens with zero attached hydrogens (tertiary/aromatic N) is 1. The van der Waals surface area contributed by atoms with Gasteiger partial charge in [0.25, 0.3) is 11.8 Å². The normalized spacial score (nSPS) is 14.3. The molecule has 226 valence electrons. The number of carbonyl (C=O) groups is 2. The average molecular weight is 644 g/mol. The Kier molecular flexibility index (Phi) is 7.92. The van der Waals surface area contributed by atoms with Crippen molar-refractivity contribution < 1.29 is 48.1 Å². The molecule has 14 heteroatoms. The molecule has 0 saturated heterocycles. The molecule has 2 amide bonds. The molecule has 0 fully saturated rings. The Labute approximate surface area is 250 Å². The van der Waals surface area contributed by atoms with Crippen LogP contribution in [0.2, 0.25) is 0 Å². The summed E-state index contributed by atoms with van der Waals surface area (Å²) in [7, 11) is -9.86. The molecular formula is C30H20F3NO8S2. The van der Waals surface area contributed by atoms with E-state index in [1.54, 1.807) is 25.1 Å². The molecule has 0 aromatic heterocycles. The molecule has 44 heavy (non-hydrogen) atoms. The third-order valence-corrected chi connectivity index (χ3v) is 8.90. The number of imide groups is 1. The average Bonchev–Trinajstić information content (AvgIpc) is 3.22. The summed E-state index contributed by atoms with van der Waals surface area (Å²) < 4.78 is 103. The van der Waals surface area contributed by atoms with Crippen molar-refractivity contribution in [2.24, 2.45) is 0 Å². The number of halogens is 3. The van der Waals surface area contributed by atoms with Gasteiger partial charge >= 0.3 is 26.4 Å². The minimum atomic E-state index is -5.40. The largest absolute Gasteiger partial charge is 0.417 e. The number of hydrogen-bond acceptors (Lipinski definition) is 8. The first-order valence-corrected chi connectivity index (χ1v) is 15.4. The zero-order chi connectivity index (χ0) is 31.9. The molecule has 1 aliphatic heterocycles. The number of carbonyl (C=O) groups excluding carboxylic acids is 2. The Morgan fingerprint density at radius 3 is 1.89 bits per heavy atom. The molecule has 0 saturated carbocycles. The number of aryl methyl sites for hydroxylation is 1. The maximum atomic E-state index is 13.7. The van der Waals surface area contributed by atoms with E-state index in [-0.39, 0.29) is 26.8 Å². The van der Waals surface area contributed by atoms with Crippen LogP contribution < -0.4 is 4.18 Å². The summed E-state index contributed by atoms with van der Waals surface area (Å²) in [6.07, 6.45) is -5.11. The Morgan fingerprint density at radius 2 is 1.23 bits per heavy atom. The van der Waals surface area contributed by atoms with Crippen molar-refractivity contribution in [1.82, 2.24) is 5.06 Å². The van der Waals surface area contributed by atoms with Crippen LogP contribution in [0.5, 0.6) is 5.75 Å². The lowest BCUT2D eigenvalue weighted by Gasteiger charge is -2.17. The number of hydrogen-bond donors (Lipinski definition) is 0. The van der Waals surface area contributed by atoms with Gasteiger partial charge in [0.2, 0.25) is 0 Å². The molecule has 1 aliphatic rings. The number of benzene rings is 4. The van der Waals surface area contributed by atoms with E-state index < -0.39 is 59.8 Å². The smallest absolute Gasteiger partial charge is 0.378 e. The van der Waals surface area contributed by atoms with Gasteiger partial charge in [-0.1, -0.05) is 78.4 Å². The summed E-state index contributed by atoms with van der Waals surface area (Å²) in [4.78, 5) is 25.8. The van der Waals surface area contributed by atoms with Crippen LogP contribution >= 0.6 is 0 Å². The Hall–Kier alpha value is -4.79. The molecular weight excluding hydrogens is 623 g/mol. The van der Waals surface area contributed by atoms with Gasteiger partial charge in [0.1, 0.15) is 9.79 Å². The molecule has 0 unspecified atom stereocenters. The fourth-order valence-electron chi connectivity index (χ4n) is 4.37. The zero-order valence-corrected chi connectivity index (χ0v) is 24.1. The van der Waals surface area contributed by atoms with Crippen LogP contribution in [0.4, 0.5) is 13.2 Å². The van der Waals surface area contributed by atoms with E-state index in [2.05, 4.69) is 0 Å². The highest BCUT2D eigenvalue weighted by molar-refractivity contribution is 7.87. The molecule has 0 N–H and O–H groups in total. The van der Waals surface area contributed by atoms with Crippen LogP contribution in [-0.4, -0.2) is 33.7 Å². The maximum Gasteiger partial charge on any atom is 0.417 e. The summed E-state index contributed by atoms with van der Waals surface area (Å²) in [5.74, 6) is -3.09. The Bertz CT molecular complexity index is 2020. The monoisotopic (exact) mass is 643 g/mol. The van der Waals surface area contributed by atoms with Gasteiger partial charge in [0.15, 0.2) is 5.75 Å². The van der Waals surface area contributed by atoms with Crippen molar-refractivity contribution >= 4 is 43.2 Å². The summed E-state index contributed by atoms with van der Waals surface area (Å²) in [5.41, 5.74) is -1.81. The van der Waals surface area contributed by atoms with Gasteiger partial charge in [0.05, 0.1) is 16.7 Å². The molecule has 0 spiro atoms. The summed E-state index contributed by atoms with van der Waals surface area (Å²) in [5, 5.41) is -0.175. The molecule has 1 heterocycles. The summed E-state index contributed by atoms with van der Waals surface area (Å²) in [6, 6.07) is 21.6. The van der Waals surface area contributed by atoms with Crippen LogP contribution in [0.3, 0.4) is 0 Å². The molecule has 0 atom stereocenters. The van der Waals surface area contributed by atoms with Crippen molar-refractivity contribution in [3.05, 3.63) is 125 Å². The molecule has 0 aliphatic carbocycles. The number of alkyl halides is 3. The van der Waals surface area contributed by atoms with Gasteiger partial charge in [-0.3, -0.25) is 9.59 Å². The number of rotatable bonds is 8. The van der Waals surface area contributed by atoms with E-state index in [9.17, 15) is 39.6 Å². The topological polar surface area (TPSA) is 124 Å². The number of para-hydroxylation sites is 1. The predicted octanol–water partition coefficient (Wildman–Crippen LogP) is 5.38. The molecule has 0 radical (unpaired) electrons. The van der Waals surface area contributed by atoms with Gasteiger partial charge < -0.3 is 4.18 Å². The Balaban J connectivity index is 1.61. The highest BCUT2D eigenvalue weighted by Crippen LogP contribution is 2.41. The maximum absolute atomic E-state index is 13.7. The molecule has 4 aromatic carbocycles. The lowest BCUT2D eigenvalue weighted by molar-refractivity contribution is -0.161. The van der Waals surface area contributed by atoms with E-state index in [0.717, 1.165) is 17.7 Å². The number of hydroxylamine groups is 2. The van der Waals surface area contributed by atoms with Gasteiger partial charge in [-0.15, -0.1) is 9.35 Å². The minimum absolute atomic E-state index is 0.108. The molecule has 0 bridgehead atoms. The van der Waals surface area contributed by atoms with E-state index in [0.29, 0.717) is 12.1 Å². The first-order chi connectivity index (χ1) is 20.7. The number of amides is 2. The van der Waals surface area contributed by atoms with Gasteiger partial charge in [-0.25, -0.2) is 0 Å². The lowest BCUT2D eigenvalue weighted by Crippen LogP contribution is -2.34.